The number of aromatic nitrogens is 1. The summed E-state index contributed by atoms with van der Waals surface area (Å²) in [5.74, 6) is 5.73. The molecular weight excluding hydrogens is 254 g/mol. The van der Waals surface area contributed by atoms with E-state index in [0.29, 0.717) is 13.2 Å². The number of hydrogen-bond donors (Lipinski definition) is 2. The Balaban J connectivity index is 2.42. The first-order valence-corrected chi connectivity index (χ1v) is 6.83. The van der Waals surface area contributed by atoms with Gasteiger partial charge < -0.3 is 9.47 Å². The second kappa shape index (κ2) is 7.31. The first-order chi connectivity index (χ1) is 9.81. The van der Waals surface area contributed by atoms with Gasteiger partial charge in [-0.05, 0) is 30.9 Å². The number of rotatable bonds is 7. The Bertz CT molecular complexity index is 536. The topological polar surface area (TPSA) is 69.4 Å². The molecule has 108 valence electrons. The van der Waals surface area contributed by atoms with Crippen LogP contribution in [0.2, 0.25) is 0 Å². The molecule has 2 aromatic rings. The second-order valence-corrected chi connectivity index (χ2v) is 4.37. The van der Waals surface area contributed by atoms with E-state index in [2.05, 4.69) is 10.4 Å². The van der Waals surface area contributed by atoms with E-state index in [1.165, 1.54) is 0 Å². The van der Waals surface area contributed by atoms with Gasteiger partial charge in [-0.1, -0.05) is 18.2 Å². The summed E-state index contributed by atoms with van der Waals surface area (Å²) in [6.07, 6.45) is 3.19. The van der Waals surface area contributed by atoms with Crippen molar-refractivity contribution in [1.29, 1.82) is 0 Å². The van der Waals surface area contributed by atoms with E-state index in [0.717, 1.165) is 16.3 Å². The minimum atomic E-state index is -0.422. The Morgan fingerprint density at radius 3 is 2.60 bits per heavy atom. The highest BCUT2D eigenvalue weighted by molar-refractivity contribution is 5.85. The van der Waals surface area contributed by atoms with Crippen LogP contribution in [-0.2, 0) is 9.47 Å². The number of nitrogens with zero attached hydrogens (tertiary/aromatic N) is 1. The van der Waals surface area contributed by atoms with Crippen LogP contribution in [0.1, 0.15) is 25.5 Å². The molecule has 1 aromatic carbocycles. The lowest BCUT2D eigenvalue weighted by molar-refractivity contribution is -0.155. The molecule has 0 bridgehead atoms. The van der Waals surface area contributed by atoms with Gasteiger partial charge in [0, 0.05) is 31.0 Å². The number of fused-ring (bicyclic) bond motifs is 1. The zero-order valence-corrected chi connectivity index (χ0v) is 11.9. The van der Waals surface area contributed by atoms with E-state index in [1.807, 2.05) is 44.3 Å². The quantitative estimate of drug-likeness (QED) is 0.460. The molecular formula is C15H21N3O2. The van der Waals surface area contributed by atoms with Gasteiger partial charge >= 0.3 is 0 Å². The van der Waals surface area contributed by atoms with Crippen molar-refractivity contribution in [3.8, 4) is 0 Å². The Hall–Kier alpha value is -1.53. The summed E-state index contributed by atoms with van der Waals surface area (Å²) in [6.45, 7) is 5.00. The molecule has 0 spiro atoms. The van der Waals surface area contributed by atoms with Gasteiger partial charge in [-0.2, -0.15) is 0 Å². The number of ether oxygens (including phenoxy) is 2. The van der Waals surface area contributed by atoms with Gasteiger partial charge in [-0.3, -0.25) is 10.8 Å². The first-order valence-electron chi connectivity index (χ1n) is 6.83. The summed E-state index contributed by atoms with van der Waals surface area (Å²) >= 11 is 0. The summed E-state index contributed by atoms with van der Waals surface area (Å²) in [5.41, 5.74) is 3.85. The molecule has 0 radical (unpaired) electrons. The normalized spacial score (nSPS) is 13.0. The SMILES string of the molecule is CCOC(OCC)C(NN)c1cccc2cnccc12. The second-order valence-electron chi connectivity index (χ2n) is 4.37. The van der Waals surface area contributed by atoms with Gasteiger partial charge in [0.2, 0.25) is 0 Å². The average molecular weight is 275 g/mol. The molecule has 1 heterocycles. The standard InChI is InChI=1S/C15H21N3O2/c1-3-19-15(20-4-2)14(18-16)13-7-5-6-11-10-17-9-8-12(11)13/h5-10,14-15,18H,3-4,16H2,1-2H3. The Morgan fingerprint density at radius 1 is 1.20 bits per heavy atom. The van der Waals surface area contributed by atoms with Crippen molar-refractivity contribution in [3.05, 3.63) is 42.2 Å². The molecule has 1 aromatic heterocycles. The summed E-state index contributed by atoms with van der Waals surface area (Å²) in [7, 11) is 0. The number of nitrogens with one attached hydrogen (secondary N) is 1. The number of hydrazine groups is 1. The molecule has 0 aliphatic rings. The minimum absolute atomic E-state index is 0.235. The molecule has 3 N–H and O–H groups in total. The average Bonchev–Trinajstić information content (AvgIpc) is 2.49. The molecule has 2 rings (SSSR count). The maximum Gasteiger partial charge on any atom is 0.178 e. The predicted molar refractivity (Wildman–Crippen MR) is 78.8 cm³/mol. The van der Waals surface area contributed by atoms with Crippen LogP contribution < -0.4 is 11.3 Å². The van der Waals surface area contributed by atoms with Crippen molar-refractivity contribution in [2.24, 2.45) is 5.84 Å². The van der Waals surface area contributed by atoms with Crippen molar-refractivity contribution >= 4 is 10.8 Å². The third-order valence-electron chi connectivity index (χ3n) is 3.16. The van der Waals surface area contributed by atoms with E-state index >= 15 is 0 Å². The van der Waals surface area contributed by atoms with Crippen molar-refractivity contribution in [2.45, 2.75) is 26.2 Å². The summed E-state index contributed by atoms with van der Waals surface area (Å²) in [4.78, 5) is 4.14. The van der Waals surface area contributed by atoms with E-state index < -0.39 is 6.29 Å². The molecule has 1 atom stereocenters. The molecule has 0 saturated heterocycles. The van der Waals surface area contributed by atoms with E-state index in [9.17, 15) is 0 Å². The van der Waals surface area contributed by atoms with Crippen LogP contribution in [0.3, 0.4) is 0 Å². The van der Waals surface area contributed by atoms with Gasteiger partial charge in [-0.15, -0.1) is 0 Å². The molecule has 5 nitrogen and oxygen atoms in total. The van der Waals surface area contributed by atoms with Gasteiger partial charge in [0.05, 0.1) is 6.04 Å². The third-order valence-corrected chi connectivity index (χ3v) is 3.16. The molecule has 0 aliphatic heterocycles. The van der Waals surface area contributed by atoms with E-state index in [1.54, 1.807) is 6.20 Å². The fourth-order valence-electron chi connectivity index (χ4n) is 2.30. The van der Waals surface area contributed by atoms with E-state index in [4.69, 9.17) is 15.3 Å². The van der Waals surface area contributed by atoms with E-state index in [-0.39, 0.29) is 6.04 Å². The highest BCUT2D eigenvalue weighted by atomic mass is 16.7. The number of pyridine rings is 1. The van der Waals surface area contributed by atoms with Crippen LogP contribution in [0.25, 0.3) is 10.8 Å². The predicted octanol–water partition coefficient (Wildman–Crippen LogP) is 2.14. The lowest BCUT2D eigenvalue weighted by atomic mass is 10.00. The molecule has 0 saturated carbocycles. The zero-order valence-electron chi connectivity index (χ0n) is 11.9. The highest BCUT2D eigenvalue weighted by Crippen LogP contribution is 2.27. The van der Waals surface area contributed by atoms with Crippen molar-refractivity contribution in [1.82, 2.24) is 10.4 Å². The molecule has 5 heteroatoms. The van der Waals surface area contributed by atoms with Crippen LogP contribution in [-0.4, -0.2) is 24.5 Å². The first kappa shape index (κ1) is 14.9. The highest BCUT2D eigenvalue weighted by Gasteiger charge is 2.24. The van der Waals surface area contributed by atoms with Crippen LogP contribution >= 0.6 is 0 Å². The number of hydrogen-bond acceptors (Lipinski definition) is 5. The van der Waals surface area contributed by atoms with Gasteiger partial charge in [0.25, 0.3) is 0 Å². The Kier molecular flexibility index (Phi) is 5.43. The van der Waals surface area contributed by atoms with Crippen molar-refractivity contribution in [2.75, 3.05) is 13.2 Å². The third kappa shape index (κ3) is 3.13. The maximum atomic E-state index is 5.73. The number of nitrogens with two attached hydrogens (primary N) is 1. The van der Waals surface area contributed by atoms with Crippen LogP contribution in [0.4, 0.5) is 0 Å². The fraction of sp³-hybridized carbons (Fsp3) is 0.400. The van der Waals surface area contributed by atoms with Crippen LogP contribution in [0.15, 0.2) is 36.7 Å². The molecule has 0 aliphatic carbocycles. The van der Waals surface area contributed by atoms with Crippen LogP contribution in [0.5, 0.6) is 0 Å². The summed E-state index contributed by atoms with van der Waals surface area (Å²) in [6, 6.07) is 7.78. The Morgan fingerprint density at radius 2 is 1.95 bits per heavy atom. The Labute approximate surface area is 119 Å². The number of benzene rings is 1. The molecule has 1 unspecified atom stereocenters. The lowest BCUT2D eigenvalue weighted by Crippen LogP contribution is -2.39. The van der Waals surface area contributed by atoms with Crippen molar-refractivity contribution in [3.63, 3.8) is 0 Å². The summed E-state index contributed by atoms with van der Waals surface area (Å²) in [5, 5.41) is 2.16. The van der Waals surface area contributed by atoms with Crippen LogP contribution in [0, 0.1) is 0 Å². The maximum absolute atomic E-state index is 5.73. The smallest absolute Gasteiger partial charge is 0.178 e. The fourth-order valence-corrected chi connectivity index (χ4v) is 2.30. The molecule has 0 fully saturated rings. The largest absolute Gasteiger partial charge is 0.351 e. The van der Waals surface area contributed by atoms with Gasteiger partial charge in [0.1, 0.15) is 0 Å². The van der Waals surface area contributed by atoms with Crippen molar-refractivity contribution < 1.29 is 9.47 Å². The van der Waals surface area contributed by atoms with Gasteiger partial charge in [0.15, 0.2) is 6.29 Å². The molecule has 0 amide bonds. The monoisotopic (exact) mass is 275 g/mol. The van der Waals surface area contributed by atoms with Gasteiger partial charge in [-0.25, -0.2) is 5.43 Å². The minimum Gasteiger partial charge on any atom is -0.351 e. The summed E-state index contributed by atoms with van der Waals surface area (Å²) < 4.78 is 11.3. The lowest BCUT2D eigenvalue weighted by Gasteiger charge is -2.27. The molecule has 20 heavy (non-hydrogen) atoms. The zero-order chi connectivity index (χ0) is 14.4.